The smallest absolute Gasteiger partial charge is 0.162 e. The minimum Gasteiger partial charge on any atom is -0.497 e. The molecule has 0 aliphatic carbocycles. The number of nitriles is 1. The van der Waals surface area contributed by atoms with E-state index in [4.69, 9.17) is 15.7 Å². The summed E-state index contributed by atoms with van der Waals surface area (Å²) in [4.78, 5) is 8.47. The minimum atomic E-state index is 0.175. The topological polar surface area (TPSA) is 84.8 Å². The van der Waals surface area contributed by atoms with Crippen LogP contribution < -0.4 is 10.5 Å². The Morgan fingerprint density at radius 1 is 1.24 bits per heavy atom. The number of methoxy groups -OCH3 is 1. The lowest BCUT2D eigenvalue weighted by Gasteiger charge is -2.09. The zero-order valence-electron chi connectivity index (χ0n) is 11.4. The standard InChI is InChI=1S/C16H12N4O/c1-21-12-6-10-4-2-3-5-13(10)14(7-12)16-19-9-11(8-17)15(18)20-16/h2-7,9H,1H3,(H2,18,19,20). The summed E-state index contributed by atoms with van der Waals surface area (Å²) in [5.41, 5.74) is 6.87. The largest absolute Gasteiger partial charge is 0.497 e. The van der Waals surface area contributed by atoms with Crippen molar-refractivity contribution in [2.24, 2.45) is 0 Å². The maximum atomic E-state index is 8.90. The predicted molar refractivity (Wildman–Crippen MR) is 80.7 cm³/mol. The third kappa shape index (κ3) is 2.23. The van der Waals surface area contributed by atoms with Crippen molar-refractivity contribution in [3.8, 4) is 23.2 Å². The van der Waals surface area contributed by atoms with Crippen LogP contribution in [0.3, 0.4) is 0 Å². The highest BCUT2D eigenvalue weighted by Gasteiger charge is 2.11. The molecule has 0 aliphatic rings. The summed E-state index contributed by atoms with van der Waals surface area (Å²) in [5.74, 6) is 1.37. The molecule has 1 heterocycles. The van der Waals surface area contributed by atoms with Crippen LogP contribution in [0, 0.1) is 11.3 Å². The first kappa shape index (κ1) is 12.9. The number of benzene rings is 2. The fraction of sp³-hybridized carbons (Fsp3) is 0.0625. The first-order chi connectivity index (χ1) is 10.2. The molecule has 0 radical (unpaired) electrons. The number of rotatable bonds is 2. The number of anilines is 1. The van der Waals surface area contributed by atoms with Crippen molar-refractivity contribution < 1.29 is 4.74 Å². The molecule has 5 nitrogen and oxygen atoms in total. The molecule has 0 spiro atoms. The van der Waals surface area contributed by atoms with Gasteiger partial charge in [0.15, 0.2) is 5.82 Å². The van der Waals surface area contributed by atoms with Crippen LogP contribution in [0.2, 0.25) is 0 Å². The second-order valence-corrected chi connectivity index (χ2v) is 4.50. The third-order valence-corrected chi connectivity index (χ3v) is 3.25. The van der Waals surface area contributed by atoms with E-state index in [1.165, 1.54) is 6.20 Å². The fourth-order valence-corrected chi connectivity index (χ4v) is 2.20. The highest BCUT2D eigenvalue weighted by atomic mass is 16.5. The zero-order chi connectivity index (χ0) is 14.8. The van der Waals surface area contributed by atoms with Gasteiger partial charge in [-0.05, 0) is 22.9 Å². The van der Waals surface area contributed by atoms with Crippen molar-refractivity contribution in [1.82, 2.24) is 9.97 Å². The molecule has 3 rings (SSSR count). The molecule has 2 aromatic carbocycles. The van der Waals surface area contributed by atoms with Gasteiger partial charge in [0.1, 0.15) is 23.2 Å². The molecule has 0 bridgehead atoms. The molecule has 1 aromatic heterocycles. The maximum absolute atomic E-state index is 8.90. The SMILES string of the molecule is COc1cc(-c2ncc(C#N)c(N)n2)c2ccccc2c1. The molecule has 5 heteroatoms. The van der Waals surface area contributed by atoms with Gasteiger partial charge in [0.25, 0.3) is 0 Å². The molecular formula is C16H12N4O. The van der Waals surface area contributed by atoms with Crippen LogP contribution in [0.5, 0.6) is 5.75 Å². The first-order valence-electron chi connectivity index (χ1n) is 6.32. The Balaban J connectivity index is 2.28. The molecular weight excluding hydrogens is 264 g/mol. The number of nitrogen functional groups attached to an aromatic ring is 1. The predicted octanol–water partition coefficient (Wildman–Crippen LogP) is 2.76. The van der Waals surface area contributed by atoms with Crippen LogP contribution >= 0.6 is 0 Å². The number of aromatic nitrogens is 2. The highest BCUT2D eigenvalue weighted by Crippen LogP contribution is 2.31. The zero-order valence-corrected chi connectivity index (χ0v) is 11.4. The summed E-state index contributed by atoms with van der Waals surface area (Å²) in [6.45, 7) is 0. The van der Waals surface area contributed by atoms with Crippen molar-refractivity contribution in [3.63, 3.8) is 0 Å². The van der Waals surface area contributed by atoms with E-state index in [1.807, 2.05) is 42.5 Å². The van der Waals surface area contributed by atoms with E-state index in [-0.39, 0.29) is 11.4 Å². The van der Waals surface area contributed by atoms with E-state index in [0.717, 1.165) is 22.1 Å². The van der Waals surface area contributed by atoms with Gasteiger partial charge in [0.05, 0.1) is 13.3 Å². The molecule has 0 amide bonds. The average molecular weight is 276 g/mol. The molecule has 3 aromatic rings. The number of hydrogen-bond acceptors (Lipinski definition) is 5. The number of nitrogens with two attached hydrogens (primary N) is 1. The molecule has 0 aliphatic heterocycles. The van der Waals surface area contributed by atoms with Gasteiger partial charge >= 0.3 is 0 Å². The van der Waals surface area contributed by atoms with Gasteiger partial charge in [-0.15, -0.1) is 0 Å². The summed E-state index contributed by atoms with van der Waals surface area (Å²) >= 11 is 0. The lowest BCUT2D eigenvalue weighted by Crippen LogP contribution is -1.99. The first-order valence-corrected chi connectivity index (χ1v) is 6.32. The third-order valence-electron chi connectivity index (χ3n) is 3.25. The Morgan fingerprint density at radius 3 is 2.76 bits per heavy atom. The average Bonchev–Trinajstić information content (AvgIpc) is 2.53. The van der Waals surface area contributed by atoms with Gasteiger partial charge in [-0.2, -0.15) is 5.26 Å². The van der Waals surface area contributed by atoms with Crippen LogP contribution in [0.15, 0.2) is 42.6 Å². The van der Waals surface area contributed by atoms with Crippen molar-refractivity contribution in [2.45, 2.75) is 0 Å². The Labute approximate surface area is 121 Å². The van der Waals surface area contributed by atoms with Gasteiger partial charge in [-0.1, -0.05) is 24.3 Å². The quantitative estimate of drug-likeness (QED) is 0.777. The summed E-state index contributed by atoms with van der Waals surface area (Å²) < 4.78 is 5.32. The fourth-order valence-electron chi connectivity index (χ4n) is 2.20. The summed E-state index contributed by atoms with van der Waals surface area (Å²) in [7, 11) is 1.61. The summed E-state index contributed by atoms with van der Waals surface area (Å²) in [6.07, 6.45) is 1.44. The van der Waals surface area contributed by atoms with E-state index in [1.54, 1.807) is 7.11 Å². The molecule has 0 atom stereocenters. The summed E-state index contributed by atoms with van der Waals surface area (Å²) in [6, 6.07) is 13.7. The van der Waals surface area contributed by atoms with Crippen LogP contribution in [0.1, 0.15) is 5.56 Å². The maximum Gasteiger partial charge on any atom is 0.162 e. The number of ether oxygens (including phenoxy) is 1. The monoisotopic (exact) mass is 276 g/mol. The molecule has 0 saturated heterocycles. The van der Waals surface area contributed by atoms with Crippen molar-refractivity contribution in [2.75, 3.05) is 12.8 Å². The van der Waals surface area contributed by atoms with E-state index >= 15 is 0 Å². The van der Waals surface area contributed by atoms with Crippen LogP contribution in [0.4, 0.5) is 5.82 Å². The minimum absolute atomic E-state index is 0.175. The van der Waals surface area contributed by atoms with Gasteiger partial charge in [0.2, 0.25) is 0 Å². The van der Waals surface area contributed by atoms with E-state index in [9.17, 15) is 0 Å². The number of fused-ring (bicyclic) bond motifs is 1. The molecule has 102 valence electrons. The van der Waals surface area contributed by atoms with Crippen molar-refractivity contribution in [3.05, 3.63) is 48.2 Å². The van der Waals surface area contributed by atoms with Crippen molar-refractivity contribution in [1.29, 1.82) is 5.26 Å². The van der Waals surface area contributed by atoms with Crippen LogP contribution in [0.25, 0.3) is 22.2 Å². The van der Waals surface area contributed by atoms with E-state index in [2.05, 4.69) is 9.97 Å². The lowest BCUT2D eigenvalue weighted by molar-refractivity contribution is 0.415. The second-order valence-electron chi connectivity index (χ2n) is 4.50. The lowest BCUT2D eigenvalue weighted by atomic mass is 10.0. The highest BCUT2D eigenvalue weighted by molar-refractivity contribution is 5.96. The Kier molecular flexibility index (Phi) is 3.13. The normalized spacial score (nSPS) is 10.3. The molecule has 0 saturated carbocycles. The number of hydrogen-bond donors (Lipinski definition) is 1. The van der Waals surface area contributed by atoms with Gasteiger partial charge in [-0.25, -0.2) is 9.97 Å². The van der Waals surface area contributed by atoms with Gasteiger partial charge < -0.3 is 10.5 Å². The number of nitrogens with zero attached hydrogens (tertiary/aromatic N) is 3. The van der Waals surface area contributed by atoms with Crippen LogP contribution in [-0.4, -0.2) is 17.1 Å². The molecule has 0 fully saturated rings. The molecule has 0 unspecified atom stereocenters. The van der Waals surface area contributed by atoms with Gasteiger partial charge in [0, 0.05) is 5.56 Å². The van der Waals surface area contributed by atoms with Crippen LogP contribution in [-0.2, 0) is 0 Å². The molecule has 2 N–H and O–H groups in total. The Bertz CT molecular complexity index is 868. The molecule has 21 heavy (non-hydrogen) atoms. The summed E-state index contributed by atoms with van der Waals surface area (Å²) in [5, 5.41) is 10.9. The van der Waals surface area contributed by atoms with E-state index in [0.29, 0.717) is 5.82 Å². The van der Waals surface area contributed by atoms with Gasteiger partial charge in [-0.3, -0.25) is 0 Å². The van der Waals surface area contributed by atoms with Crippen molar-refractivity contribution >= 4 is 16.6 Å². The second kappa shape index (κ2) is 5.10. The van der Waals surface area contributed by atoms with E-state index < -0.39 is 0 Å². The Hall–Kier alpha value is -3.13. The Morgan fingerprint density at radius 2 is 2.05 bits per heavy atom.